The number of carbonyl (C=O) groups is 1. The summed E-state index contributed by atoms with van der Waals surface area (Å²) < 4.78 is 4.74. The molecule has 2 aromatic carbocycles. The fourth-order valence-corrected chi connectivity index (χ4v) is 2.24. The molecule has 0 aliphatic carbocycles. The molecule has 1 amide bonds. The van der Waals surface area contributed by atoms with Crippen LogP contribution in [0.2, 0.25) is 0 Å². The van der Waals surface area contributed by atoms with Crippen molar-refractivity contribution in [3.05, 3.63) is 69.3 Å². The number of nitrogens with zero attached hydrogens (tertiary/aromatic N) is 1. The maximum absolute atomic E-state index is 11.5. The monoisotopic (exact) mass is 329 g/mol. The van der Waals surface area contributed by atoms with Crippen molar-refractivity contribution < 1.29 is 14.5 Å². The molecule has 7 heteroatoms. The number of nitrogens with two attached hydrogens (primary N) is 1. The Morgan fingerprint density at radius 1 is 1.25 bits per heavy atom. The van der Waals surface area contributed by atoms with E-state index in [-0.39, 0.29) is 18.0 Å². The molecule has 0 aromatic heterocycles. The van der Waals surface area contributed by atoms with E-state index in [1.165, 1.54) is 12.1 Å². The molecule has 24 heavy (non-hydrogen) atoms. The molecule has 0 bridgehead atoms. The van der Waals surface area contributed by atoms with E-state index >= 15 is 0 Å². The number of nitro benzene ring substituents is 1. The van der Waals surface area contributed by atoms with Gasteiger partial charge in [-0.05, 0) is 31.0 Å². The minimum absolute atomic E-state index is 0.0679. The van der Waals surface area contributed by atoms with Gasteiger partial charge < -0.3 is 10.5 Å². The van der Waals surface area contributed by atoms with Crippen molar-refractivity contribution >= 4 is 17.5 Å². The molecule has 0 saturated carbocycles. The first-order valence-corrected chi connectivity index (χ1v) is 7.46. The molecule has 2 aromatic rings. The molecule has 0 heterocycles. The van der Waals surface area contributed by atoms with Gasteiger partial charge in [0, 0.05) is 6.07 Å². The van der Waals surface area contributed by atoms with Crippen LogP contribution in [-0.2, 0) is 4.74 Å². The maximum atomic E-state index is 11.5. The quantitative estimate of drug-likeness (QED) is 0.644. The molecule has 0 radical (unpaired) electrons. The smallest absolute Gasteiger partial charge is 0.411 e. The highest BCUT2D eigenvalue weighted by Gasteiger charge is 2.20. The zero-order valence-corrected chi connectivity index (χ0v) is 13.5. The van der Waals surface area contributed by atoms with E-state index < -0.39 is 17.1 Å². The van der Waals surface area contributed by atoms with Crippen LogP contribution in [0.4, 0.5) is 16.2 Å². The van der Waals surface area contributed by atoms with Crippen molar-refractivity contribution in [2.75, 3.05) is 11.9 Å². The fourth-order valence-electron chi connectivity index (χ4n) is 2.24. The average molecular weight is 329 g/mol. The number of rotatable bonds is 5. The van der Waals surface area contributed by atoms with E-state index in [2.05, 4.69) is 5.32 Å². The van der Waals surface area contributed by atoms with E-state index in [1.54, 1.807) is 13.0 Å². The van der Waals surface area contributed by atoms with Crippen LogP contribution in [0.1, 0.15) is 29.7 Å². The Balaban J connectivity index is 2.32. The molecular weight excluding hydrogens is 310 g/mol. The van der Waals surface area contributed by atoms with Crippen LogP contribution in [0.5, 0.6) is 0 Å². The van der Waals surface area contributed by atoms with Crippen LogP contribution < -0.4 is 11.1 Å². The topological polar surface area (TPSA) is 107 Å². The number of nitrogens with one attached hydrogen (secondary N) is 1. The number of carbonyl (C=O) groups excluding carboxylic acids is 1. The van der Waals surface area contributed by atoms with Crippen LogP contribution in [0, 0.1) is 17.0 Å². The summed E-state index contributed by atoms with van der Waals surface area (Å²) in [5.74, 6) is 0. The molecule has 1 atom stereocenters. The summed E-state index contributed by atoms with van der Waals surface area (Å²) in [6, 6.07) is 11.6. The highest BCUT2D eigenvalue weighted by Crippen LogP contribution is 2.30. The van der Waals surface area contributed by atoms with Crippen LogP contribution in [0.25, 0.3) is 0 Å². The summed E-state index contributed by atoms with van der Waals surface area (Å²) in [7, 11) is 0. The first-order valence-electron chi connectivity index (χ1n) is 7.46. The van der Waals surface area contributed by atoms with Crippen LogP contribution >= 0.6 is 0 Å². The average Bonchev–Trinajstić information content (AvgIpc) is 2.55. The van der Waals surface area contributed by atoms with Gasteiger partial charge in [0.1, 0.15) is 5.69 Å². The van der Waals surface area contributed by atoms with Crippen molar-refractivity contribution in [3.8, 4) is 0 Å². The standard InChI is InChI=1S/C17H19N3O4/c1-3-24-17(21)19-14-9-8-13(10-15(14)20(22)23)16(18)12-6-4-11(2)5-7-12/h4-10,16H,3,18H2,1-2H3,(H,19,21). The van der Waals surface area contributed by atoms with Crippen molar-refractivity contribution in [1.29, 1.82) is 0 Å². The van der Waals surface area contributed by atoms with Crippen molar-refractivity contribution in [3.63, 3.8) is 0 Å². The Morgan fingerprint density at radius 3 is 2.46 bits per heavy atom. The summed E-state index contributed by atoms with van der Waals surface area (Å²) in [5.41, 5.74) is 8.57. The second-order valence-electron chi connectivity index (χ2n) is 5.27. The zero-order valence-electron chi connectivity index (χ0n) is 13.5. The van der Waals surface area contributed by atoms with Gasteiger partial charge in [-0.2, -0.15) is 0 Å². The molecule has 1 unspecified atom stereocenters. The molecule has 0 spiro atoms. The number of nitro groups is 1. The summed E-state index contributed by atoms with van der Waals surface area (Å²) in [5, 5.41) is 13.7. The van der Waals surface area contributed by atoms with Gasteiger partial charge in [-0.3, -0.25) is 15.4 Å². The third-order valence-electron chi connectivity index (χ3n) is 3.53. The molecule has 0 saturated heterocycles. The van der Waals surface area contributed by atoms with E-state index in [4.69, 9.17) is 10.5 Å². The number of anilines is 1. The van der Waals surface area contributed by atoms with Crippen molar-refractivity contribution in [2.24, 2.45) is 5.73 Å². The van der Waals surface area contributed by atoms with Crippen molar-refractivity contribution in [1.82, 2.24) is 0 Å². The van der Waals surface area contributed by atoms with Gasteiger partial charge in [-0.1, -0.05) is 35.9 Å². The Bertz CT molecular complexity index is 744. The Hall–Kier alpha value is -2.93. The van der Waals surface area contributed by atoms with Gasteiger partial charge in [-0.25, -0.2) is 4.79 Å². The molecule has 0 aliphatic heterocycles. The van der Waals surface area contributed by atoms with Gasteiger partial charge >= 0.3 is 6.09 Å². The lowest BCUT2D eigenvalue weighted by Crippen LogP contribution is -2.16. The third-order valence-corrected chi connectivity index (χ3v) is 3.53. The lowest BCUT2D eigenvalue weighted by molar-refractivity contribution is -0.384. The molecule has 0 fully saturated rings. The number of hydrogen-bond acceptors (Lipinski definition) is 5. The Morgan fingerprint density at radius 2 is 1.88 bits per heavy atom. The largest absolute Gasteiger partial charge is 0.450 e. The minimum Gasteiger partial charge on any atom is -0.450 e. The molecular formula is C17H19N3O4. The molecule has 126 valence electrons. The predicted molar refractivity (Wildman–Crippen MR) is 91.0 cm³/mol. The summed E-state index contributed by atoms with van der Waals surface area (Å²) in [6.45, 7) is 3.80. The van der Waals surface area contributed by atoms with Crippen LogP contribution in [-0.4, -0.2) is 17.6 Å². The fraction of sp³-hybridized carbons (Fsp3) is 0.235. The summed E-state index contributed by atoms with van der Waals surface area (Å²) in [6.07, 6.45) is -0.740. The second kappa shape index (κ2) is 7.56. The van der Waals surface area contributed by atoms with E-state index in [9.17, 15) is 14.9 Å². The molecule has 2 rings (SSSR count). The van der Waals surface area contributed by atoms with E-state index in [1.807, 2.05) is 31.2 Å². The molecule has 3 N–H and O–H groups in total. The van der Waals surface area contributed by atoms with Gasteiger partial charge in [0.05, 0.1) is 17.6 Å². The summed E-state index contributed by atoms with van der Waals surface area (Å²) in [4.78, 5) is 22.2. The minimum atomic E-state index is -0.740. The van der Waals surface area contributed by atoms with Gasteiger partial charge in [0.25, 0.3) is 5.69 Å². The predicted octanol–water partition coefficient (Wildman–Crippen LogP) is 3.52. The van der Waals surface area contributed by atoms with Crippen LogP contribution in [0.15, 0.2) is 42.5 Å². The van der Waals surface area contributed by atoms with Gasteiger partial charge in [-0.15, -0.1) is 0 Å². The SMILES string of the molecule is CCOC(=O)Nc1ccc(C(N)c2ccc(C)cc2)cc1[N+](=O)[O-]. The normalized spacial score (nSPS) is 11.6. The van der Waals surface area contributed by atoms with Gasteiger partial charge in [0.2, 0.25) is 0 Å². The van der Waals surface area contributed by atoms with Gasteiger partial charge in [0.15, 0.2) is 0 Å². The first-order chi connectivity index (χ1) is 11.4. The van der Waals surface area contributed by atoms with E-state index in [0.29, 0.717) is 5.56 Å². The van der Waals surface area contributed by atoms with E-state index in [0.717, 1.165) is 11.1 Å². The number of hydrogen-bond donors (Lipinski definition) is 2. The maximum Gasteiger partial charge on any atom is 0.411 e. The number of aryl methyl sites for hydroxylation is 1. The lowest BCUT2D eigenvalue weighted by Gasteiger charge is -2.14. The first kappa shape index (κ1) is 17.4. The number of amides is 1. The zero-order chi connectivity index (χ0) is 17.7. The van der Waals surface area contributed by atoms with Crippen molar-refractivity contribution in [2.45, 2.75) is 19.9 Å². The molecule has 0 aliphatic rings. The number of ether oxygens (including phenoxy) is 1. The Kier molecular flexibility index (Phi) is 5.49. The third kappa shape index (κ3) is 4.08. The van der Waals surface area contributed by atoms with Crippen LogP contribution in [0.3, 0.4) is 0 Å². The highest BCUT2D eigenvalue weighted by molar-refractivity contribution is 5.88. The second-order valence-corrected chi connectivity index (χ2v) is 5.27. The highest BCUT2D eigenvalue weighted by atomic mass is 16.6. The lowest BCUT2D eigenvalue weighted by atomic mass is 9.98. The number of benzene rings is 2. The molecule has 7 nitrogen and oxygen atoms in total. The Labute approximate surface area is 139 Å². The summed E-state index contributed by atoms with van der Waals surface area (Å²) >= 11 is 0.